The Morgan fingerprint density at radius 1 is 1.16 bits per heavy atom. The van der Waals surface area contributed by atoms with Crippen molar-refractivity contribution in [1.82, 2.24) is 4.31 Å². The molecule has 0 bridgehead atoms. The number of sulfonamides is 1. The summed E-state index contributed by atoms with van der Waals surface area (Å²) in [6.07, 6.45) is 0. The molecule has 0 atom stereocenters. The van der Waals surface area contributed by atoms with Gasteiger partial charge < -0.3 is 4.74 Å². The van der Waals surface area contributed by atoms with Crippen molar-refractivity contribution in [2.75, 3.05) is 13.7 Å². The summed E-state index contributed by atoms with van der Waals surface area (Å²) in [6, 6.07) is 11.2. The largest absolute Gasteiger partial charge is 0.494 e. The highest BCUT2D eigenvalue weighted by Crippen LogP contribution is 2.27. The Balaban J connectivity index is 2.27. The highest BCUT2D eigenvalue weighted by atomic mass is 32.2. The van der Waals surface area contributed by atoms with Crippen molar-refractivity contribution in [2.45, 2.75) is 25.3 Å². The van der Waals surface area contributed by atoms with Crippen LogP contribution in [0, 0.1) is 17.0 Å². The van der Waals surface area contributed by atoms with Crippen molar-refractivity contribution < 1.29 is 18.1 Å². The van der Waals surface area contributed by atoms with Crippen LogP contribution in [-0.4, -0.2) is 31.3 Å². The summed E-state index contributed by atoms with van der Waals surface area (Å²) in [7, 11) is -2.40. The van der Waals surface area contributed by atoms with Gasteiger partial charge in [-0.15, -0.1) is 0 Å². The van der Waals surface area contributed by atoms with Crippen molar-refractivity contribution in [3.63, 3.8) is 0 Å². The molecule has 0 radical (unpaired) electrons. The van der Waals surface area contributed by atoms with E-state index in [1.807, 2.05) is 6.92 Å². The second-order valence-electron chi connectivity index (χ2n) is 5.50. The lowest BCUT2D eigenvalue weighted by Gasteiger charge is -2.18. The average molecular weight is 364 g/mol. The number of hydrogen-bond donors (Lipinski definition) is 0. The molecule has 0 saturated carbocycles. The maximum atomic E-state index is 12.8. The lowest BCUT2D eigenvalue weighted by atomic mass is 10.2. The number of nitrogens with zero attached hydrogens (tertiary/aromatic N) is 2. The number of ether oxygens (including phenoxy) is 1. The molecule has 0 fully saturated rings. The second kappa shape index (κ2) is 7.62. The van der Waals surface area contributed by atoms with Crippen LogP contribution in [0.5, 0.6) is 5.75 Å². The van der Waals surface area contributed by atoms with Gasteiger partial charge in [-0.05, 0) is 37.6 Å². The Labute approximate surface area is 147 Å². The normalized spacial score (nSPS) is 11.5. The minimum atomic E-state index is -3.85. The van der Waals surface area contributed by atoms with E-state index in [-0.39, 0.29) is 22.7 Å². The Hall–Kier alpha value is -2.45. The SMILES string of the molecule is CCOc1ccc(CN(C)S(=O)(=O)c2cccc([N+](=O)[O-])c2C)cc1. The van der Waals surface area contributed by atoms with Crippen molar-refractivity contribution in [3.05, 3.63) is 63.7 Å². The van der Waals surface area contributed by atoms with E-state index in [1.54, 1.807) is 24.3 Å². The molecule has 0 saturated heterocycles. The van der Waals surface area contributed by atoms with Gasteiger partial charge in [-0.1, -0.05) is 18.2 Å². The zero-order valence-electron chi connectivity index (χ0n) is 14.3. The first-order chi connectivity index (χ1) is 11.8. The second-order valence-corrected chi connectivity index (χ2v) is 7.51. The van der Waals surface area contributed by atoms with Crippen LogP contribution in [0.25, 0.3) is 0 Å². The Morgan fingerprint density at radius 3 is 2.36 bits per heavy atom. The first kappa shape index (κ1) is 18.9. The highest BCUT2D eigenvalue weighted by Gasteiger charge is 2.26. The molecule has 0 aliphatic carbocycles. The van der Waals surface area contributed by atoms with Crippen LogP contribution < -0.4 is 4.74 Å². The molecule has 0 unspecified atom stereocenters. The Morgan fingerprint density at radius 2 is 1.80 bits per heavy atom. The lowest BCUT2D eigenvalue weighted by Crippen LogP contribution is -2.27. The number of hydrogen-bond acceptors (Lipinski definition) is 5. The summed E-state index contributed by atoms with van der Waals surface area (Å²) in [6.45, 7) is 4.03. The predicted octanol–water partition coefficient (Wildman–Crippen LogP) is 3.12. The van der Waals surface area contributed by atoms with Crippen molar-refractivity contribution in [3.8, 4) is 5.75 Å². The monoisotopic (exact) mass is 364 g/mol. The van der Waals surface area contributed by atoms with Gasteiger partial charge in [0.05, 0.1) is 16.4 Å². The van der Waals surface area contributed by atoms with E-state index in [2.05, 4.69) is 0 Å². The van der Waals surface area contributed by atoms with Crippen LogP contribution in [-0.2, 0) is 16.6 Å². The fraction of sp³-hybridized carbons (Fsp3) is 0.294. The van der Waals surface area contributed by atoms with Crippen LogP contribution in [0.4, 0.5) is 5.69 Å². The maximum Gasteiger partial charge on any atom is 0.273 e. The first-order valence-electron chi connectivity index (χ1n) is 7.69. The van der Waals surface area contributed by atoms with Crippen LogP contribution in [0.2, 0.25) is 0 Å². The average Bonchev–Trinajstić information content (AvgIpc) is 2.56. The first-order valence-corrected chi connectivity index (χ1v) is 9.13. The van der Waals surface area contributed by atoms with Crippen LogP contribution in [0.3, 0.4) is 0 Å². The molecule has 0 N–H and O–H groups in total. The molecule has 25 heavy (non-hydrogen) atoms. The summed E-state index contributed by atoms with van der Waals surface area (Å²) in [5, 5.41) is 11.0. The molecule has 2 rings (SSSR count). The fourth-order valence-corrected chi connectivity index (χ4v) is 3.84. The molecule has 7 nitrogen and oxygen atoms in total. The minimum absolute atomic E-state index is 0.0601. The molecule has 0 heterocycles. The molecule has 0 aliphatic heterocycles. The molecule has 0 aromatic heterocycles. The van der Waals surface area contributed by atoms with Crippen molar-refractivity contribution in [1.29, 1.82) is 0 Å². The molecular weight excluding hydrogens is 344 g/mol. The smallest absolute Gasteiger partial charge is 0.273 e. The molecular formula is C17H20N2O5S. The third-order valence-corrected chi connectivity index (χ3v) is 5.73. The topological polar surface area (TPSA) is 89.8 Å². The molecule has 0 spiro atoms. The van der Waals surface area contributed by atoms with E-state index in [4.69, 9.17) is 4.74 Å². The van der Waals surface area contributed by atoms with E-state index in [1.165, 1.54) is 36.5 Å². The van der Waals surface area contributed by atoms with Gasteiger partial charge in [-0.3, -0.25) is 10.1 Å². The quantitative estimate of drug-likeness (QED) is 0.556. The van der Waals surface area contributed by atoms with Crippen LogP contribution in [0.15, 0.2) is 47.4 Å². The number of nitro benzene ring substituents is 1. The zero-order valence-corrected chi connectivity index (χ0v) is 15.1. The van der Waals surface area contributed by atoms with Gasteiger partial charge in [0.2, 0.25) is 10.0 Å². The predicted molar refractivity (Wildman–Crippen MR) is 94.1 cm³/mol. The van der Waals surface area contributed by atoms with E-state index >= 15 is 0 Å². The number of rotatable bonds is 7. The zero-order chi connectivity index (χ0) is 18.6. The van der Waals surface area contributed by atoms with Gasteiger partial charge in [0.25, 0.3) is 5.69 Å². The summed E-state index contributed by atoms with van der Waals surface area (Å²) in [5.74, 6) is 0.714. The summed E-state index contributed by atoms with van der Waals surface area (Å²) in [5.41, 5.74) is 0.708. The Bertz CT molecular complexity index is 863. The molecule has 0 amide bonds. The van der Waals surface area contributed by atoms with Crippen molar-refractivity contribution in [2.24, 2.45) is 0 Å². The van der Waals surface area contributed by atoms with Gasteiger partial charge in [0, 0.05) is 25.2 Å². The van der Waals surface area contributed by atoms with E-state index < -0.39 is 14.9 Å². The van der Waals surface area contributed by atoms with Gasteiger partial charge in [-0.2, -0.15) is 4.31 Å². The van der Waals surface area contributed by atoms with E-state index in [0.29, 0.717) is 12.4 Å². The molecule has 0 aliphatic rings. The van der Waals surface area contributed by atoms with Gasteiger partial charge in [0.15, 0.2) is 0 Å². The van der Waals surface area contributed by atoms with Gasteiger partial charge >= 0.3 is 0 Å². The number of nitro groups is 1. The molecule has 2 aromatic rings. The van der Waals surface area contributed by atoms with E-state index in [0.717, 1.165) is 5.56 Å². The Kier molecular flexibility index (Phi) is 5.76. The maximum absolute atomic E-state index is 12.8. The van der Waals surface area contributed by atoms with Crippen molar-refractivity contribution >= 4 is 15.7 Å². The fourth-order valence-electron chi connectivity index (χ4n) is 2.45. The van der Waals surface area contributed by atoms with Crippen LogP contribution in [0.1, 0.15) is 18.1 Å². The number of benzene rings is 2. The molecule has 134 valence electrons. The van der Waals surface area contributed by atoms with E-state index in [9.17, 15) is 18.5 Å². The lowest BCUT2D eigenvalue weighted by molar-refractivity contribution is -0.385. The van der Waals surface area contributed by atoms with Gasteiger partial charge in [0.1, 0.15) is 5.75 Å². The third-order valence-electron chi connectivity index (χ3n) is 3.78. The summed E-state index contributed by atoms with van der Waals surface area (Å²) >= 11 is 0. The standard InChI is InChI=1S/C17H20N2O5S/c1-4-24-15-10-8-14(9-11-15)12-18(3)25(22,23)17-7-5-6-16(13(17)2)19(20)21/h5-11H,4,12H2,1-3H3. The minimum Gasteiger partial charge on any atom is -0.494 e. The molecule has 8 heteroatoms. The molecule has 2 aromatic carbocycles. The third kappa shape index (κ3) is 4.15. The van der Waals surface area contributed by atoms with Gasteiger partial charge in [-0.25, -0.2) is 8.42 Å². The van der Waals surface area contributed by atoms with Crippen LogP contribution >= 0.6 is 0 Å². The highest BCUT2D eigenvalue weighted by molar-refractivity contribution is 7.89. The summed E-state index contributed by atoms with van der Waals surface area (Å²) < 4.78 is 32.1. The summed E-state index contributed by atoms with van der Waals surface area (Å²) in [4.78, 5) is 10.4.